The summed E-state index contributed by atoms with van der Waals surface area (Å²) in [6.07, 6.45) is 0. The molecule has 0 aliphatic rings. The van der Waals surface area contributed by atoms with E-state index in [0.29, 0.717) is 17.9 Å². The van der Waals surface area contributed by atoms with Gasteiger partial charge in [0.2, 0.25) is 5.91 Å². The highest BCUT2D eigenvalue weighted by Crippen LogP contribution is 2.18. The number of anilines is 1. The Labute approximate surface area is 142 Å². The highest BCUT2D eigenvalue weighted by molar-refractivity contribution is 5.95. The van der Waals surface area contributed by atoms with E-state index in [1.54, 1.807) is 24.3 Å². The van der Waals surface area contributed by atoms with E-state index in [2.05, 4.69) is 10.6 Å². The molecule has 2 rings (SSSR count). The van der Waals surface area contributed by atoms with Crippen molar-refractivity contribution in [3.63, 3.8) is 0 Å². The first kappa shape index (κ1) is 17.5. The minimum atomic E-state index is -0.161. The quantitative estimate of drug-likeness (QED) is 0.853. The van der Waals surface area contributed by atoms with Crippen molar-refractivity contribution in [2.45, 2.75) is 26.8 Å². The maximum atomic E-state index is 12.3. The first-order valence-electron chi connectivity index (χ1n) is 7.91. The van der Waals surface area contributed by atoms with E-state index in [-0.39, 0.29) is 17.9 Å². The van der Waals surface area contributed by atoms with Crippen LogP contribution in [0.3, 0.4) is 0 Å². The van der Waals surface area contributed by atoms with Gasteiger partial charge in [-0.25, -0.2) is 0 Å². The Bertz CT molecular complexity index is 694. The molecule has 0 aliphatic carbocycles. The number of carbonyl (C=O) groups is 2. The summed E-state index contributed by atoms with van der Waals surface area (Å²) in [5, 5.41) is 5.63. The van der Waals surface area contributed by atoms with Gasteiger partial charge in [-0.3, -0.25) is 9.59 Å². The van der Waals surface area contributed by atoms with E-state index in [9.17, 15) is 9.59 Å². The molecule has 0 bridgehead atoms. The van der Waals surface area contributed by atoms with Crippen LogP contribution in [0.1, 0.15) is 42.7 Å². The van der Waals surface area contributed by atoms with Crippen LogP contribution in [0.2, 0.25) is 0 Å². The Hall–Kier alpha value is -2.82. The smallest absolute Gasteiger partial charge is 0.251 e. The lowest BCUT2D eigenvalue weighted by Gasteiger charge is -2.15. The summed E-state index contributed by atoms with van der Waals surface area (Å²) in [5.41, 5.74) is 2.21. The summed E-state index contributed by atoms with van der Waals surface area (Å²) in [7, 11) is 0. The van der Waals surface area contributed by atoms with Gasteiger partial charge in [-0.15, -0.1) is 0 Å². The van der Waals surface area contributed by atoms with Crippen molar-refractivity contribution in [1.82, 2.24) is 5.32 Å². The fourth-order valence-corrected chi connectivity index (χ4v) is 2.29. The first-order valence-corrected chi connectivity index (χ1v) is 7.91. The van der Waals surface area contributed by atoms with E-state index < -0.39 is 0 Å². The number of benzene rings is 2. The summed E-state index contributed by atoms with van der Waals surface area (Å²) >= 11 is 0. The molecular weight excluding hydrogens is 304 g/mol. The van der Waals surface area contributed by atoms with Gasteiger partial charge in [0.05, 0.1) is 12.6 Å². The standard InChI is InChI=1S/C19H22N2O3/c1-4-24-18-11-7-15(8-12-18)13(2)20-19(23)16-5-9-17(10-6-16)21-14(3)22/h5-13H,4H2,1-3H3,(H,20,23)(H,21,22). The number of nitrogens with one attached hydrogen (secondary N) is 2. The summed E-state index contributed by atoms with van der Waals surface area (Å²) in [6.45, 7) is 5.94. The van der Waals surface area contributed by atoms with Gasteiger partial charge in [-0.1, -0.05) is 12.1 Å². The van der Waals surface area contributed by atoms with Gasteiger partial charge in [-0.05, 0) is 55.8 Å². The van der Waals surface area contributed by atoms with Crippen LogP contribution in [0.4, 0.5) is 5.69 Å². The molecule has 0 radical (unpaired) electrons. The summed E-state index contributed by atoms with van der Waals surface area (Å²) in [5.74, 6) is 0.510. The van der Waals surface area contributed by atoms with Crippen molar-refractivity contribution in [1.29, 1.82) is 0 Å². The molecule has 5 nitrogen and oxygen atoms in total. The Morgan fingerprint density at radius 1 is 1.04 bits per heavy atom. The van der Waals surface area contributed by atoms with Crippen molar-refractivity contribution in [2.75, 3.05) is 11.9 Å². The summed E-state index contributed by atoms with van der Waals surface area (Å²) in [4.78, 5) is 23.3. The molecule has 2 aromatic carbocycles. The monoisotopic (exact) mass is 326 g/mol. The topological polar surface area (TPSA) is 67.4 Å². The normalized spacial score (nSPS) is 11.5. The molecule has 126 valence electrons. The molecule has 0 saturated heterocycles. The van der Waals surface area contributed by atoms with Crippen LogP contribution in [0, 0.1) is 0 Å². The van der Waals surface area contributed by atoms with Crippen molar-refractivity contribution in [3.8, 4) is 5.75 Å². The Balaban J connectivity index is 1.98. The van der Waals surface area contributed by atoms with Crippen molar-refractivity contribution < 1.29 is 14.3 Å². The Kier molecular flexibility index (Phi) is 5.95. The van der Waals surface area contributed by atoms with Crippen LogP contribution in [-0.4, -0.2) is 18.4 Å². The molecule has 5 heteroatoms. The minimum Gasteiger partial charge on any atom is -0.494 e. The molecule has 0 saturated carbocycles. The predicted octanol–water partition coefficient (Wildman–Crippen LogP) is 3.53. The second kappa shape index (κ2) is 8.15. The Morgan fingerprint density at radius 3 is 2.21 bits per heavy atom. The number of hydrogen-bond acceptors (Lipinski definition) is 3. The fourth-order valence-electron chi connectivity index (χ4n) is 2.29. The molecule has 0 aromatic heterocycles. The zero-order valence-corrected chi connectivity index (χ0v) is 14.1. The highest BCUT2D eigenvalue weighted by Gasteiger charge is 2.11. The molecule has 0 spiro atoms. The number of carbonyl (C=O) groups excluding carboxylic acids is 2. The predicted molar refractivity (Wildman–Crippen MR) is 94.2 cm³/mol. The summed E-state index contributed by atoms with van der Waals surface area (Å²) < 4.78 is 5.41. The maximum Gasteiger partial charge on any atom is 0.251 e. The number of hydrogen-bond donors (Lipinski definition) is 2. The van der Waals surface area contributed by atoms with E-state index >= 15 is 0 Å². The van der Waals surface area contributed by atoms with Crippen molar-refractivity contribution in [3.05, 3.63) is 59.7 Å². The van der Waals surface area contributed by atoms with Crippen molar-refractivity contribution >= 4 is 17.5 Å². The number of ether oxygens (including phenoxy) is 1. The van der Waals surface area contributed by atoms with Gasteiger partial charge in [0.15, 0.2) is 0 Å². The molecule has 2 N–H and O–H groups in total. The SMILES string of the molecule is CCOc1ccc(C(C)NC(=O)c2ccc(NC(C)=O)cc2)cc1. The Morgan fingerprint density at radius 2 is 1.67 bits per heavy atom. The third-order valence-electron chi connectivity index (χ3n) is 3.51. The van der Waals surface area contributed by atoms with Crippen LogP contribution in [0.25, 0.3) is 0 Å². The van der Waals surface area contributed by atoms with E-state index in [4.69, 9.17) is 4.74 Å². The molecule has 24 heavy (non-hydrogen) atoms. The third kappa shape index (κ3) is 4.84. The number of amides is 2. The lowest BCUT2D eigenvalue weighted by molar-refractivity contribution is -0.114. The van der Waals surface area contributed by atoms with Crippen LogP contribution in [0.15, 0.2) is 48.5 Å². The van der Waals surface area contributed by atoms with Crippen LogP contribution < -0.4 is 15.4 Å². The minimum absolute atomic E-state index is 0.122. The lowest BCUT2D eigenvalue weighted by Crippen LogP contribution is -2.26. The molecule has 0 aliphatic heterocycles. The molecule has 1 unspecified atom stereocenters. The third-order valence-corrected chi connectivity index (χ3v) is 3.51. The molecule has 0 fully saturated rings. The van der Waals surface area contributed by atoms with Crippen LogP contribution in [0.5, 0.6) is 5.75 Å². The number of rotatable bonds is 6. The van der Waals surface area contributed by atoms with E-state index in [1.807, 2.05) is 38.1 Å². The molecule has 1 atom stereocenters. The van der Waals surface area contributed by atoms with Crippen LogP contribution in [-0.2, 0) is 4.79 Å². The largest absolute Gasteiger partial charge is 0.494 e. The first-order chi connectivity index (χ1) is 11.5. The fraction of sp³-hybridized carbons (Fsp3) is 0.263. The van der Waals surface area contributed by atoms with Gasteiger partial charge in [-0.2, -0.15) is 0 Å². The lowest BCUT2D eigenvalue weighted by atomic mass is 10.1. The second-order valence-electron chi connectivity index (χ2n) is 5.46. The summed E-state index contributed by atoms with van der Waals surface area (Å²) in [6, 6.07) is 14.3. The van der Waals surface area contributed by atoms with Crippen molar-refractivity contribution in [2.24, 2.45) is 0 Å². The second-order valence-corrected chi connectivity index (χ2v) is 5.46. The highest BCUT2D eigenvalue weighted by atomic mass is 16.5. The van der Waals surface area contributed by atoms with Gasteiger partial charge in [0.25, 0.3) is 5.91 Å². The van der Waals surface area contributed by atoms with Gasteiger partial charge < -0.3 is 15.4 Å². The molecule has 2 aromatic rings. The molecule has 0 heterocycles. The van der Waals surface area contributed by atoms with E-state index in [0.717, 1.165) is 11.3 Å². The zero-order valence-electron chi connectivity index (χ0n) is 14.1. The van der Waals surface area contributed by atoms with E-state index in [1.165, 1.54) is 6.92 Å². The molecular formula is C19H22N2O3. The van der Waals surface area contributed by atoms with Gasteiger partial charge in [0, 0.05) is 18.2 Å². The molecule has 2 amide bonds. The van der Waals surface area contributed by atoms with Gasteiger partial charge >= 0.3 is 0 Å². The van der Waals surface area contributed by atoms with Gasteiger partial charge in [0.1, 0.15) is 5.75 Å². The maximum absolute atomic E-state index is 12.3. The average molecular weight is 326 g/mol. The average Bonchev–Trinajstić information content (AvgIpc) is 2.56. The zero-order chi connectivity index (χ0) is 17.5. The van der Waals surface area contributed by atoms with Crippen LogP contribution >= 0.6 is 0 Å².